The smallest absolute Gasteiger partial charge is 0.277 e. The summed E-state index contributed by atoms with van der Waals surface area (Å²) in [5, 5.41) is 10.9. The number of thioether (sulfide) groups is 1. The predicted molar refractivity (Wildman–Crippen MR) is 103 cm³/mol. The molecule has 7 heteroatoms. The van der Waals surface area contributed by atoms with Crippen LogP contribution in [0.2, 0.25) is 0 Å². The van der Waals surface area contributed by atoms with Crippen molar-refractivity contribution in [2.75, 3.05) is 5.32 Å². The Bertz CT molecular complexity index is 880. The summed E-state index contributed by atoms with van der Waals surface area (Å²) >= 11 is 4.69. The molecule has 0 aliphatic carbocycles. The largest absolute Gasteiger partial charge is 0.411 e. The third-order valence-electron chi connectivity index (χ3n) is 3.48. The number of nitrogens with one attached hydrogen (secondary N) is 1. The molecule has 0 aliphatic heterocycles. The molecule has 1 atom stereocenters. The molecular weight excluding hydrogens is 402 g/mol. The Morgan fingerprint density at radius 3 is 2.60 bits per heavy atom. The molecule has 5 nitrogen and oxygen atoms in total. The first-order valence-corrected chi connectivity index (χ1v) is 9.33. The van der Waals surface area contributed by atoms with Gasteiger partial charge in [-0.05, 0) is 54.0 Å². The van der Waals surface area contributed by atoms with E-state index >= 15 is 0 Å². The molecule has 0 bridgehead atoms. The van der Waals surface area contributed by atoms with Crippen LogP contribution in [-0.2, 0) is 4.79 Å². The summed E-state index contributed by atoms with van der Waals surface area (Å²) in [5.41, 5.74) is 2.73. The van der Waals surface area contributed by atoms with E-state index in [1.54, 1.807) is 6.92 Å². The zero-order valence-corrected chi connectivity index (χ0v) is 16.1. The van der Waals surface area contributed by atoms with Crippen LogP contribution in [-0.4, -0.2) is 21.4 Å². The van der Waals surface area contributed by atoms with Crippen LogP contribution < -0.4 is 5.32 Å². The second-order valence-electron chi connectivity index (χ2n) is 5.47. The van der Waals surface area contributed by atoms with E-state index in [0.717, 1.165) is 21.3 Å². The Kier molecular flexibility index (Phi) is 5.55. The van der Waals surface area contributed by atoms with E-state index in [2.05, 4.69) is 31.4 Å². The van der Waals surface area contributed by atoms with E-state index < -0.39 is 0 Å². The predicted octanol–water partition coefficient (Wildman–Crippen LogP) is 4.93. The van der Waals surface area contributed by atoms with Gasteiger partial charge in [0.1, 0.15) is 0 Å². The third-order valence-corrected chi connectivity index (χ3v) is 5.10. The van der Waals surface area contributed by atoms with Gasteiger partial charge in [-0.3, -0.25) is 4.79 Å². The highest BCUT2D eigenvalue weighted by molar-refractivity contribution is 9.10. The van der Waals surface area contributed by atoms with Gasteiger partial charge in [0.15, 0.2) is 0 Å². The van der Waals surface area contributed by atoms with E-state index in [1.807, 2.05) is 55.5 Å². The average Bonchev–Trinajstić information content (AvgIpc) is 3.05. The number of aryl methyl sites for hydroxylation is 1. The van der Waals surface area contributed by atoms with Gasteiger partial charge in [0, 0.05) is 10.2 Å². The number of benzene rings is 2. The second-order valence-corrected chi connectivity index (χ2v) is 7.61. The van der Waals surface area contributed by atoms with Crippen molar-refractivity contribution < 1.29 is 9.21 Å². The first-order valence-electron chi connectivity index (χ1n) is 7.65. The molecule has 0 unspecified atom stereocenters. The molecule has 1 amide bonds. The molecule has 3 rings (SSSR count). The molecule has 3 aromatic rings. The zero-order chi connectivity index (χ0) is 17.8. The molecule has 25 heavy (non-hydrogen) atoms. The van der Waals surface area contributed by atoms with Gasteiger partial charge in [0.2, 0.25) is 11.8 Å². The standard InChI is InChI=1S/C18H16BrN3O2S/c1-11-7-9-13(10-8-11)20-16(23)12(2)25-18-22-21-17(24-18)14-5-3-4-6-15(14)19/h3-10,12H,1-2H3,(H,20,23)/t12-/m1/s1. The van der Waals surface area contributed by atoms with Gasteiger partial charge in [0.25, 0.3) is 5.22 Å². The minimum Gasteiger partial charge on any atom is -0.411 e. The monoisotopic (exact) mass is 417 g/mol. The number of aromatic nitrogens is 2. The summed E-state index contributed by atoms with van der Waals surface area (Å²) in [4.78, 5) is 12.3. The summed E-state index contributed by atoms with van der Waals surface area (Å²) in [5.74, 6) is 0.301. The van der Waals surface area contributed by atoms with Crippen molar-refractivity contribution in [2.45, 2.75) is 24.3 Å². The summed E-state index contributed by atoms with van der Waals surface area (Å²) < 4.78 is 6.54. The van der Waals surface area contributed by atoms with Crippen molar-refractivity contribution in [3.63, 3.8) is 0 Å². The van der Waals surface area contributed by atoms with Gasteiger partial charge < -0.3 is 9.73 Å². The Morgan fingerprint density at radius 2 is 1.88 bits per heavy atom. The first kappa shape index (κ1) is 17.7. The second kappa shape index (κ2) is 7.84. The van der Waals surface area contributed by atoms with Crippen molar-refractivity contribution in [3.05, 3.63) is 58.6 Å². The number of halogens is 1. The molecule has 0 saturated heterocycles. The number of rotatable bonds is 5. The lowest BCUT2D eigenvalue weighted by Gasteiger charge is -2.10. The van der Waals surface area contributed by atoms with Crippen molar-refractivity contribution in [3.8, 4) is 11.5 Å². The molecule has 0 fully saturated rings. The molecule has 1 aromatic heterocycles. The SMILES string of the molecule is Cc1ccc(NC(=O)[C@@H](C)Sc2nnc(-c3ccccc3Br)o2)cc1. The Morgan fingerprint density at radius 1 is 1.16 bits per heavy atom. The Labute approximate surface area is 158 Å². The number of hydrogen-bond donors (Lipinski definition) is 1. The van der Waals surface area contributed by atoms with E-state index in [0.29, 0.717) is 11.1 Å². The van der Waals surface area contributed by atoms with E-state index in [1.165, 1.54) is 11.8 Å². The number of amides is 1. The molecule has 128 valence electrons. The van der Waals surface area contributed by atoms with Gasteiger partial charge in [-0.1, -0.05) is 41.6 Å². The lowest BCUT2D eigenvalue weighted by Crippen LogP contribution is -2.22. The number of nitrogens with zero attached hydrogens (tertiary/aromatic N) is 2. The highest BCUT2D eigenvalue weighted by Gasteiger charge is 2.19. The fraction of sp³-hybridized carbons (Fsp3) is 0.167. The van der Waals surface area contributed by atoms with E-state index in [-0.39, 0.29) is 11.2 Å². The van der Waals surface area contributed by atoms with Crippen LogP contribution in [0.5, 0.6) is 0 Å². The summed E-state index contributed by atoms with van der Waals surface area (Å²) in [7, 11) is 0. The van der Waals surface area contributed by atoms with Crippen LogP contribution in [0.25, 0.3) is 11.5 Å². The molecule has 0 saturated carbocycles. The molecule has 1 N–H and O–H groups in total. The van der Waals surface area contributed by atoms with Gasteiger partial charge in [-0.2, -0.15) is 0 Å². The fourth-order valence-electron chi connectivity index (χ4n) is 2.09. The van der Waals surface area contributed by atoms with Crippen LogP contribution in [0, 0.1) is 6.92 Å². The molecule has 0 aliphatic rings. The van der Waals surface area contributed by atoms with E-state index in [4.69, 9.17) is 4.42 Å². The summed E-state index contributed by atoms with van der Waals surface area (Å²) in [6.45, 7) is 3.80. The van der Waals surface area contributed by atoms with Crippen LogP contribution >= 0.6 is 27.7 Å². The topological polar surface area (TPSA) is 68.0 Å². The molecule has 0 spiro atoms. The van der Waals surface area contributed by atoms with Gasteiger partial charge >= 0.3 is 0 Å². The van der Waals surface area contributed by atoms with Gasteiger partial charge in [-0.15, -0.1) is 10.2 Å². The van der Waals surface area contributed by atoms with Gasteiger partial charge in [-0.25, -0.2) is 0 Å². The Hall–Kier alpha value is -2.12. The quantitative estimate of drug-likeness (QED) is 0.596. The molecule has 1 heterocycles. The van der Waals surface area contributed by atoms with Crippen molar-refractivity contribution in [2.24, 2.45) is 0 Å². The molecule has 2 aromatic carbocycles. The minimum atomic E-state index is -0.367. The summed E-state index contributed by atoms with van der Waals surface area (Å²) in [6, 6.07) is 15.3. The fourth-order valence-corrected chi connectivity index (χ4v) is 3.22. The number of carbonyl (C=O) groups is 1. The zero-order valence-electron chi connectivity index (χ0n) is 13.7. The van der Waals surface area contributed by atoms with Crippen molar-refractivity contribution >= 4 is 39.3 Å². The maximum atomic E-state index is 12.3. The molecule has 0 radical (unpaired) electrons. The van der Waals surface area contributed by atoms with Crippen LogP contribution in [0.15, 0.2) is 62.6 Å². The first-order chi connectivity index (χ1) is 12.0. The van der Waals surface area contributed by atoms with Crippen LogP contribution in [0.4, 0.5) is 5.69 Å². The van der Waals surface area contributed by atoms with Crippen LogP contribution in [0.1, 0.15) is 12.5 Å². The summed E-state index contributed by atoms with van der Waals surface area (Å²) in [6.07, 6.45) is 0. The Balaban J connectivity index is 1.65. The lowest BCUT2D eigenvalue weighted by molar-refractivity contribution is -0.115. The highest BCUT2D eigenvalue weighted by Crippen LogP contribution is 2.30. The number of carbonyl (C=O) groups excluding carboxylic acids is 1. The maximum Gasteiger partial charge on any atom is 0.277 e. The average molecular weight is 418 g/mol. The normalized spacial score (nSPS) is 12.0. The van der Waals surface area contributed by atoms with Crippen molar-refractivity contribution in [1.29, 1.82) is 0 Å². The lowest BCUT2D eigenvalue weighted by atomic mass is 10.2. The number of anilines is 1. The number of hydrogen-bond acceptors (Lipinski definition) is 5. The van der Waals surface area contributed by atoms with Crippen LogP contribution in [0.3, 0.4) is 0 Å². The minimum absolute atomic E-state index is 0.116. The van der Waals surface area contributed by atoms with Crippen molar-refractivity contribution in [1.82, 2.24) is 10.2 Å². The third kappa shape index (κ3) is 4.49. The van der Waals surface area contributed by atoms with E-state index in [9.17, 15) is 4.79 Å². The maximum absolute atomic E-state index is 12.3. The highest BCUT2D eigenvalue weighted by atomic mass is 79.9. The molecular formula is C18H16BrN3O2S. The van der Waals surface area contributed by atoms with Gasteiger partial charge in [0.05, 0.1) is 10.8 Å².